The van der Waals surface area contributed by atoms with Gasteiger partial charge in [0.1, 0.15) is 5.76 Å². The van der Waals surface area contributed by atoms with Gasteiger partial charge in [-0.2, -0.15) is 0 Å². The van der Waals surface area contributed by atoms with Crippen molar-refractivity contribution >= 4 is 0 Å². The van der Waals surface area contributed by atoms with E-state index < -0.39 is 0 Å². The molecule has 0 aliphatic heterocycles. The summed E-state index contributed by atoms with van der Waals surface area (Å²) < 4.78 is 11.0. The van der Waals surface area contributed by atoms with E-state index in [4.69, 9.17) is 8.83 Å². The third-order valence-corrected chi connectivity index (χ3v) is 3.00. The second kappa shape index (κ2) is 4.94. The summed E-state index contributed by atoms with van der Waals surface area (Å²) in [5.41, 5.74) is 0. The van der Waals surface area contributed by atoms with Gasteiger partial charge in [0.05, 0.1) is 0 Å². The molecule has 1 saturated carbocycles. The number of aromatic nitrogens is 2. The molecule has 5 nitrogen and oxygen atoms in total. The molecule has 0 radical (unpaired) electrons. The Hall–Kier alpha value is -1.62. The average molecular weight is 247 g/mol. The highest BCUT2D eigenvalue weighted by Gasteiger charge is 2.19. The van der Waals surface area contributed by atoms with Crippen molar-refractivity contribution in [3.05, 3.63) is 23.8 Å². The fourth-order valence-corrected chi connectivity index (χ4v) is 1.84. The molecule has 0 saturated heterocycles. The molecule has 2 aromatic rings. The van der Waals surface area contributed by atoms with E-state index in [-0.39, 0.29) is 0 Å². The van der Waals surface area contributed by atoms with Crippen molar-refractivity contribution in [1.82, 2.24) is 15.5 Å². The summed E-state index contributed by atoms with van der Waals surface area (Å²) in [5, 5.41) is 11.5. The van der Waals surface area contributed by atoms with Crippen LogP contribution in [0.15, 0.2) is 21.0 Å². The van der Waals surface area contributed by atoms with E-state index in [1.54, 1.807) is 0 Å². The van der Waals surface area contributed by atoms with Crippen molar-refractivity contribution in [1.29, 1.82) is 0 Å². The van der Waals surface area contributed by atoms with Crippen LogP contribution in [-0.2, 0) is 6.42 Å². The van der Waals surface area contributed by atoms with Crippen LogP contribution in [0.25, 0.3) is 11.7 Å². The largest absolute Gasteiger partial charge is 0.456 e. The summed E-state index contributed by atoms with van der Waals surface area (Å²) in [5.74, 6) is 2.63. The molecule has 1 N–H and O–H groups in total. The molecular weight excluding hydrogens is 230 g/mol. The Morgan fingerprint density at radius 3 is 2.89 bits per heavy atom. The van der Waals surface area contributed by atoms with Gasteiger partial charge in [-0.3, -0.25) is 0 Å². The van der Waals surface area contributed by atoms with Gasteiger partial charge in [0.25, 0.3) is 5.89 Å². The average Bonchev–Trinajstić information content (AvgIpc) is 2.88. The summed E-state index contributed by atoms with van der Waals surface area (Å²) >= 11 is 0. The molecule has 0 bridgehead atoms. The van der Waals surface area contributed by atoms with E-state index in [2.05, 4.69) is 15.5 Å². The summed E-state index contributed by atoms with van der Waals surface area (Å²) in [6.45, 7) is 2.91. The lowest BCUT2D eigenvalue weighted by Gasteiger charge is -1.99. The lowest BCUT2D eigenvalue weighted by atomic mass is 10.3. The zero-order valence-electron chi connectivity index (χ0n) is 10.5. The van der Waals surface area contributed by atoms with Crippen molar-refractivity contribution in [3.8, 4) is 11.7 Å². The Balaban J connectivity index is 1.52. The van der Waals surface area contributed by atoms with Crippen LogP contribution in [0, 0.1) is 6.92 Å². The van der Waals surface area contributed by atoms with Crippen LogP contribution in [0.3, 0.4) is 0 Å². The van der Waals surface area contributed by atoms with Crippen molar-refractivity contribution in [2.75, 3.05) is 6.54 Å². The summed E-state index contributed by atoms with van der Waals surface area (Å²) in [7, 11) is 0. The molecule has 0 aromatic carbocycles. The van der Waals surface area contributed by atoms with Gasteiger partial charge in [-0.1, -0.05) is 0 Å². The maximum Gasteiger partial charge on any atom is 0.283 e. The van der Waals surface area contributed by atoms with E-state index >= 15 is 0 Å². The van der Waals surface area contributed by atoms with Gasteiger partial charge in [-0.25, -0.2) is 0 Å². The molecule has 1 fully saturated rings. The number of aryl methyl sites for hydroxylation is 2. The molecule has 0 atom stereocenters. The van der Waals surface area contributed by atoms with Gasteiger partial charge >= 0.3 is 0 Å². The fraction of sp³-hybridized carbons (Fsp3) is 0.538. The monoisotopic (exact) mass is 247 g/mol. The number of rotatable bonds is 6. The summed E-state index contributed by atoms with van der Waals surface area (Å²) in [6, 6.07) is 4.49. The van der Waals surface area contributed by atoms with Gasteiger partial charge in [-0.05, 0) is 44.9 Å². The summed E-state index contributed by atoms with van der Waals surface area (Å²) in [6.07, 6.45) is 4.48. The molecule has 2 aromatic heterocycles. The van der Waals surface area contributed by atoms with Crippen LogP contribution in [0.5, 0.6) is 0 Å². The highest BCUT2D eigenvalue weighted by molar-refractivity contribution is 5.43. The van der Waals surface area contributed by atoms with Gasteiger partial charge in [0, 0.05) is 12.5 Å². The molecule has 18 heavy (non-hydrogen) atoms. The maximum atomic E-state index is 5.56. The van der Waals surface area contributed by atoms with Crippen LogP contribution in [0.2, 0.25) is 0 Å². The highest BCUT2D eigenvalue weighted by Crippen LogP contribution is 2.21. The first kappa shape index (κ1) is 11.5. The van der Waals surface area contributed by atoms with Crippen molar-refractivity contribution in [3.63, 3.8) is 0 Å². The molecule has 1 aliphatic carbocycles. The lowest BCUT2D eigenvalue weighted by molar-refractivity contribution is 0.465. The SMILES string of the molecule is Cc1ccc(-c2nnc(CCCNC3CC3)o2)o1. The molecular formula is C13H17N3O2. The Morgan fingerprint density at radius 2 is 2.17 bits per heavy atom. The maximum absolute atomic E-state index is 5.56. The van der Waals surface area contributed by atoms with Crippen LogP contribution < -0.4 is 5.32 Å². The van der Waals surface area contributed by atoms with Crippen LogP contribution >= 0.6 is 0 Å². The highest BCUT2D eigenvalue weighted by atomic mass is 16.4. The van der Waals surface area contributed by atoms with Crippen LogP contribution in [-0.4, -0.2) is 22.8 Å². The van der Waals surface area contributed by atoms with E-state index in [9.17, 15) is 0 Å². The predicted molar refractivity (Wildman–Crippen MR) is 66.1 cm³/mol. The van der Waals surface area contributed by atoms with Gasteiger partial charge < -0.3 is 14.2 Å². The van der Waals surface area contributed by atoms with E-state index in [0.29, 0.717) is 17.5 Å². The van der Waals surface area contributed by atoms with Crippen LogP contribution in [0.4, 0.5) is 0 Å². The van der Waals surface area contributed by atoms with Crippen molar-refractivity contribution in [2.45, 2.75) is 38.6 Å². The predicted octanol–water partition coefficient (Wildman–Crippen LogP) is 2.32. The van der Waals surface area contributed by atoms with Crippen molar-refractivity contribution < 1.29 is 8.83 Å². The molecule has 5 heteroatoms. The van der Waals surface area contributed by atoms with E-state index in [1.165, 1.54) is 12.8 Å². The number of furan rings is 1. The Labute approximate surface area is 106 Å². The van der Waals surface area contributed by atoms with Gasteiger partial charge in [-0.15, -0.1) is 10.2 Å². The number of nitrogens with one attached hydrogen (secondary N) is 1. The molecule has 3 rings (SSSR count). The normalized spacial score (nSPS) is 15.2. The second-order valence-electron chi connectivity index (χ2n) is 4.74. The minimum absolute atomic E-state index is 0.466. The molecule has 1 aliphatic rings. The molecule has 0 unspecified atom stereocenters. The molecule has 2 heterocycles. The minimum atomic E-state index is 0.466. The van der Waals surface area contributed by atoms with Crippen LogP contribution in [0.1, 0.15) is 30.9 Å². The van der Waals surface area contributed by atoms with E-state index in [1.807, 2.05) is 19.1 Å². The molecule has 0 amide bonds. The van der Waals surface area contributed by atoms with Gasteiger partial charge in [0.15, 0.2) is 5.76 Å². The van der Waals surface area contributed by atoms with E-state index in [0.717, 1.165) is 31.2 Å². The quantitative estimate of drug-likeness (QED) is 0.794. The first-order valence-electron chi connectivity index (χ1n) is 6.44. The smallest absolute Gasteiger partial charge is 0.283 e. The summed E-state index contributed by atoms with van der Waals surface area (Å²) in [4.78, 5) is 0. The number of nitrogens with zero attached hydrogens (tertiary/aromatic N) is 2. The zero-order chi connectivity index (χ0) is 12.4. The zero-order valence-corrected chi connectivity index (χ0v) is 10.5. The minimum Gasteiger partial charge on any atom is -0.456 e. The Bertz CT molecular complexity index is 514. The topological polar surface area (TPSA) is 64.1 Å². The second-order valence-corrected chi connectivity index (χ2v) is 4.74. The third kappa shape index (κ3) is 2.79. The first-order valence-corrected chi connectivity index (χ1v) is 6.44. The lowest BCUT2D eigenvalue weighted by Crippen LogP contribution is -2.17. The van der Waals surface area contributed by atoms with Gasteiger partial charge in [0.2, 0.25) is 5.89 Å². The first-order chi connectivity index (χ1) is 8.81. The molecule has 96 valence electrons. The fourth-order valence-electron chi connectivity index (χ4n) is 1.84. The molecule has 0 spiro atoms. The van der Waals surface area contributed by atoms with Crippen molar-refractivity contribution in [2.24, 2.45) is 0 Å². The number of hydrogen-bond acceptors (Lipinski definition) is 5. The number of hydrogen-bond donors (Lipinski definition) is 1. The Morgan fingerprint density at radius 1 is 1.28 bits per heavy atom. The Kier molecular flexibility index (Phi) is 3.15. The third-order valence-electron chi connectivity index (χ3n) is 3.00. The standard InChI is InChI=1S/C13H17N3O2/c1-9-4-7-11(17-9)13-16-15-12(18-13)3-2-8-14-10-5-6-10/h4,7,10,14H,2-3,5-6,8H2,1H3.